The molecular weight excluding hydrogens is 318 g/mol. The zero-order valence-corrected chi connectivity index (χ0v) is 15.3. The number of amides is 2. The molecule has 1 fully saturated rings. The summed E-state index contributed by atoms with van der Waals surface area (Å²) in [6, 6.07) is 6.87. The van der Waals surface area contributed by atoms with Crippen molar-refractivity contribution >= 4 is 11.8 Å². The van der Waals surface area contributed by atoms with Crippen LogP contribution in [0.25, 0.3) is 0 Å². The monoisotopic (exact) mass is 347 g/mol. The van der Waals surface area contributed by atoms with Crippen LogP contribution in [0.15, 0.2) is 24.3 Å². The highest BCUT2D eigenvalue weighted by Gasteiger charge is 2.13. The van der Waals surface area contributed by atoms with Crippen LogP contribution in [0.4, 0.5) is 0 Å². The fraction of sp³-hybridized carbons (Fsp3) is 0.579. The van der Waals surface area contributed by atoms with Gasteiger partial charge in [-0.3, -0.25) is 14.5 Å². The first-order valence-electron chi connectivity index (χ1n) is 9.05. The molecule has 2 rings (SSSR count). The molecule has 1 heterocycles. The lowest BCUT2D eigenvalue weighted by Crippen LogP contribution is -2.41. The van der Waals surface area contributed by atoms with E-state index in [1.165, 1.54) is 0 Å². The third-order valence-electron chi connectivity index (χ3n) is 4.41. The van der Waals surface area contributed by atoms with E-state index in [1.807, 2.05) is 7.05 Å². The summed E-state index contributed by atoms with van der Waals surface area (Å²) in [5, 5.41) is 2.93. The van der Waals surface area contributed by atoms with Crippen molar-refractivity contribution in [3.63, 3.8) is 0 Å². The molecule has 0 unspecified atom stereocenters. The normalized spacial score (nSPS) is 15.0. The van der Waals surface area contributed by atoms with Gasteiger partial charge in [0.15, 0.2) is 0 Å². The maximum Gasteiger partial charge on any atom is 0.253 e. The Morgan fingerprint density at radius 3 is 2.44 bits per heavy atom. The Kier molecular flexibility index (Phi) is 7.88. The van der Waals surface area contributed by atoms with Gasteiger partial charge in [0.25, 0.3) is 11.8 Å². The van der Waals surface area contributed by atoms with Crippen LogP contribution in [0.2, 0.25) is 0 Å². The molecule has 1 aliphatic heterocycles. The van der Waals surface area contributed by atoms with Gasteiger partial charge in [-0.2, -0.15) is 0 Å². The van der Waals surface area contributed by atoms with Gasteiger partial charge in [0.05, 0.1) is 13.2 Å². The zero-order chi connectivity index (χ0) is 18.1. The standard InChI is InChI=1S/C19H29N3O3/c1-3-4-10-21(2)19(24)17-7-5-16(6-8-17)18(23)20-9-11-22-12-14-25-15-13-22/h5-8H,3-4,9-15H2,1-2H3,(H,20,23). The first-order valence-corrected chi connectivity index (χ1v) is 9.05. The number of benzene rings is 1. The second-order valence-corrected chi connectivity index (χ2v) is 6.37. The molecule has 0 radical (unpaired) electrons. The van der Waals surface area contributed by atoms with Crippen molar-refractivity contribution in [2.75, 3.05) is 53.0 Å². The minimum atomic E-state index is -0.105. The number of morpholine rings is 1. The molecule has 2 amide bonds. The Morgan fingerprint density at radius 2 is 1.80 bits per heavy atom. The minimum absolute atomic E-state index is 0.00674. The van der Waals surface area contributed by atoms with E-state index in [0.717, 1.165) is 52.2 Å². The fourth-order valence-corrected chi connectivity index (χ4v) is 2.74. The maximum atomic E-state index is 12.3. The van der Waals surface area contributed by atoms with E-state index >= 15 is 0 Å². The number of ether oxygens (including phenoxy) is 1. The maximum absolute atomic E-state index is 12.3. The van der Waals surface area contributed by atoms with Crippen LogP contribution in [0.5, 0.6) is 0 Å². The van der Waals surface area contributed by atoms with Gasteiger partial charge in [-0.1, -0.05) is 13.3 Å². The van der Waals surface area contributed by atoms with Crippen LogP contribution in [-0.2, 0) is 4.74 Å². The Bertz CT molecular complexity index is 554. The van der Waals surface area contributed by atoms with Crippen molar-refractivity contribution in [3.05, 3.63) is 35.4 Å². The third-order valence-corrected chi connectivity index (χ3v) is 4.41. The molecule has 1 aliphatic rings. The summed E-state index contributed by atoms with van der Waals surface area (Å²) in [5.74, 6) is -0.112. The van der Waals surface area contributed by atoms with Crippen molar-refractivity contribution in [3.8, 4) is 0 Å². The van der Waals surface area contributed by atoms with E-state index < -0.39 is 0 Å². The Morgan fingerprint density at radius 1 is 1.16 bits per heavy atom. The van der Waals surface area contributed by atoms with Crippen LogP contribution in [0, 0.1) is 0 Å². The van der Waals surface area contributed by atoms with Gasteiger partial charge in [-0.25, -0.2) is 0 Å². The average molecular weight is 347 g/mol. The van der Waals surface area contributed by atoms with E-state index in [2.05, 4.69) is 17.1 Å². The van der Waals surface area contributed by atoms with Crippen molar-refractivity contribution in [2.24, 2.45) is 0 Å². The number of hydrogen-bond donors (Lipinski definition) is 1. The number of nitrogens with zero attached hydrogens (tertiary/aromatic N) is 2. The number of hydrogen-bond acceptors (Lipinski definition) is 4. The molecule has 1 aromatic carbocycles. The van der Waals surface area contributed by atoms with Crippen LogP contribution >= 0.6 is 0 Å². The second kappa shape index (κ2) is 10.2. The smallest absolute Gasteiger partial charge is 0.253 e. The number of unbranched alkanes of at least 4 members (excludes halogenated alkanes) is 1. The fourth-order valence-electron chi connectivity index (χ4n) is 2.74. The molecule has 0 aromatic heterocycles. The van der Waals surface area contributed by atoms with E-state index in [4.69, 9.17) is 4.74 Å². The van der Waals surface area contributed by atoms with Gasteiger partial charge in [-0.05, 0) is 30.7 Å². The third kappa shape index (κ3) is 6.14. The number of carbonyl (C=O) groups is 2. The van der Waals surface area contributed by atoms with E-state index in [1.54, 1.807) is 29.2 Å². The van der Waals surface area contributed by atoms with E-state index in [9.17, 15) is 9.59 Å². The van der Waals surface area contributed by atoms with Gasteiger partial charge >= 0.3 is 0 Å². The molecule has 0 spiro atoms. The molecule has 25 heavy (non-hydrogen) atoms. The van der Waals surface area contributed by atoms with Gasteiger partial charge in [0.2, 0.25) is 0 Å². The number of carbonyl (C=O) groups excluding carboxylic acids is 2. The quantitative estimate of drug-likeness (QED) is 0.776. The number of rotatable bonds is 8. The number of nitrogens with one attached hydrogen (secondary N) is 1. The summed E-state index contributed by atoms with van der Waals surface area (Å²) >= 11 is 0. The topological polar surface area (TPSA) is 61.9 Å². The summed E-state index contributed by atoms with van der Waals surface area (Å²) in [6.45, 7) is 7.64. The SMILES string of the molecule is CCCCN(C)C(=O)c1ccc(C(=O)NCCN2CCOCC2)cc1. The lowest BCUT2D eigenvalue weighted by atomic mass is 10.1. The van der Waals surface area contributed by atoms with Crippen LogP contribution in [-0.4, -0.2) is 74.6 Å². The predicted octanol–water partition coefficient (Wildman–Crippen LogP) is 1.62. The van der Waals surface area contributed by atoms with Gasteiger partial charge in [0, 0.05) is 50.9 Å². The molecule has 138 valence electrons. The summed E-state index contributed by atoms with van der Waals surface area (Å²) in [6.07, 6.45) is 2.05. The Labute approximate surface area is 150 Å². The summed E-state index contributed by atoms with van der Waals surface area (Å²) < 4.78 is 5.31. The lowest BCUT2D eigenvalue weighted by Gasteiger charge is -2.26. The first kappa shape index (κ1) is 19.4. The van der Waals surface area contributed by atoms with Crippen molar-refractivity contribution in [1.82, 2.24) is 15.1 Å². The van der Waals surface area contributed by atoms with Crippen molar-refractivity contribution in [1.29, 1.82) is 0 Å². The summed E-state index contributed by atoms with van der Waals surface area (Å²) in [5.41, 5.74) is 1.19. The molecule has 0 saturated carbocycles. The van der Waals surface area contributed by atoms with Gasteiger partial charge < -0.3 is 15.0 Å². The van der Waals surface area contributed by atoms with Gasteiger partial charge in [0.1, 0.15) is 0 Å². The predicted molar refractivity (Wildman–Crippen MR) is 97.9 cm³/mol. The highest BCUT2D eigenvalue weighted by Crippen LogP contribution is 2.08. The molecule has 1 N–H and O–H groups in total. The minimum Gasteiger partial charge on any atom is -0.379 e. The Hall–Kier alpha value is -1.92. The van der Waals surface area contributed by atoms with Crippen LogP contribution in [0.1, 0.15) is 40.5 Å². The van der Waals surface area contributed by atoms with Crippen LogP contribution < -0.4 is 5.32 Å². The highest BCUT2D eigenvalue weighted by molar-refractivity contribution is 5.97. The largest absolute Gasteiger partial charge is 0.379 e. The molecule has 0 aliphatic carbocycles. The molecule has 0 atom stereocenters. The highest BCUT2D eigenvalue weighted by atomic mass is 16.5. The van der Waals surface area contributed by atoms with Crippen molar-refractivity contribution < 1.29 is 14.3 Å². The van der Waals surface area contributed by atoms with E-state index in [0.29, 0.717) is 17.7 Å². The lowest BCUT2D eigenvalue weighted by molar-refractivity contribution is 0.0383. The van der Waals surface area contributed by atoms with Gasteiger partial charge in [-0.15, -0.1) is 0 Å². The molecule has 1 aromatic rings. The van der Waals surface area contributed by atoms with Crippen LogP contribution in [0.3, 0.4) is 0 Å². The molecule has 6 heteroatoms. The molecule has 6 nitrogen and oxygen atoms in total. The first-order chi connectivity index (χ1) is 12.1. The second-order valence-electron chi connectivity index (χ2n) is 6.37. The summed E-state index contributed by atoms with van der Waals surface area (Å²) in [4.78, 5) is 28.5. The van der Waals surface area contributed by atoms with E-state index in [-0.39, 0.29) is 11.8 Å². The zero-order valence-electron chi connectivity index (χ0n) is 15.3. The average Bonchev–Trinajstić information content (AvgIpc) is 2.66. The molecular formula is C19H29N3O3. The Balaban J connectivity index is 1.79. The molecule has 0 bridgehead atoms. The molecule has 1 saturated heterocycles. The summed E-state index contributed by atoms with van der Waals surface area (Å²) in [7, 11) is 1.81. The van der Waals surface area contributed by atoms with Crippen molar-refractivity contribution in [2.45, 2.75) is 19.8 Å².